The van der Waals surface area contributed by atoms with Crippen LogP contribution < -0.4 is 25.1 Å². The van der Waals surface area contributed by atoms with Crippen molar-refractivity contribution in [1.29, 1.82) is 0 Å². The second-order valence-electron chi connectivity index (χ2n) is 7.64. The predicted molar refractivity (Wildman–Crippen MR) is 127 cm³/mol. The minimum Gasteiger partial charge on any atom is -0.496 e. The Bertz CT molecular complexity index is 1130. The molecule has 1 amide bonds. The first-order valence-electron chi connectivity index (χ1n) is 10.9. The molecule has 33 heavy (non-hydrogen) atoms. The molecule has 7 heteroatoms. The van der Waals surface area contributed by atoms with Gasteiger partial charge in [0.1, 0.15) is 12.4 Å². The SMILES string of the molecule is COc1cc(C)n(CCNC(=O)CCc2ccc(OC)c(OCc3ccccc3)c2)c(=O)c1. The molecule has 0 bridgehead atoms. The maximum absolute atomic E-state index is 12.3. The second kappa shape index (κ2) is 11.8. The quantitative estimate of drug-likeness (QED) is 0.484. The fraction of sp³-hybridized carbons (Fsp3) is 0.308. The predicted octanol–water partition coefficient (Wildman–Crippen LogP) is 3.50. The van der Waals surface area contributed by atoms with Crippen LogP contribution >= 0.6 is 0 Å². The van der Waals surface area contributed by atoms with E-state index in [1.165, 1.54) is 13.2 Å². The molecule has 1 heterocycles. The van der Waals surface area contributed by atoms with Crippen LogP contribution in [0.2, 0.25) is 0 Å². The van der Waals surface area contributed by atoms with E-state index in [9.17, 15) is 9.59 Å². The summed E-state index contributed by atoms with van der Waals surface area (Å²) in [5.74, 6) is 1.76. The van der Waals surface area contributed by atoms with Crippen LogP contribution in [-0.2, 0) is 24.4 Å². The molecule has 0 saturated carbocycles. The van der Waals surface area contributed by atoms with Gasteiger partial charge in [0.25, 0.3) is 5.56 Å². The number of nitrogens with one attached hydrogen (secondary N) is 1. The molecular formula is C26H30N2O5. The summed E-state index contributed by atoms with van der Waals surface area (Å²) in [5.41, 5.74) is 2.68. The summed E-state index contributed by atoms with van der Waals surface area (Å²) in [6, 6.07) is 18.8. The first kappa shape index (κ1) is 23.9. The molecule has 0 aliphatic rings. The summed E-state index contributed by atoms with van der Waals surface area (Å²) in [4.78, 5) is 24.5. The van der Waals surface area contributed by atoms with Crippen LogP contribution in [0.1, 0.15) is 23.2 Å². The molecule has 174 valence electrons. The molecule has 0 fully saturated rings. The average Bonchev–Trinajstić information content (AvgIpc) is 2.83. The van der Waals surface area contributed by atoms with Crippen LogP contribution in [0.5, 0.6) is 17.2 Å². The highest BCUT2D eigenvalue weighted by atomic mass is 16.5. The lowest BCUT2D eigenvalue weighted by Crippen LogP contribution is -2.31. The first-order valence-corrected chi connectivity index (χ1v) is 10.9. The third-order valence-electron chi connectivity index (χ3n) is 5.31. The maximum atomic E-state index is 12.3. The van der Waals surface area contributed by atoms with Gasteiger partial charge in [0.05, 0.1) is 14.2 Å². The highest BCUT2D eigenvalue weighted by Crippen LogP contribution is 2.29. The lowest BCUT2D eigenvalue weighted by Gasteiger charge is -2.13. The van der Waals surface area contributed by atoms with E-state index in [1.54, 1.807) is 17.7 Å². The van der Waals surface area contributed by atoms with Crippen LogP contribution in [0, 0.1) is 6.92 Å². The number of carbonyl (C=O) groups excluding carboxylic acids is 1. The van der Waals surface area contributed by atoms with E-state index in [4.69, 9.17) is 14.2 Å². The van der Waals surface area contributed by atoms with Gasteiger partial charge in [0.15, 0.2) is 11.5 Å². The number of carbonyl (C=O) groups is 1. The number of benzene rings is 2. The summed E-state index contributed by atoms with van der Waals surface area (Å²) < 4.78 is 18.1. The van der Waals surface area contributed by atoms with E-state index in [-0.39, 0.29) is 11.5 Å². The van der Waals surface area contributed by atoms with Gasteiger partial charge in [0, 0.05) is 31.3 Å². The Hall–Kier alpha value is -3.74. The van der Waals surface area contributed by atoms with Crippen molar-refractivity contribution in [2.24, 2.45) is 0 Å². The number of rotatable bonds is 11. The molecule has 1 N–H and O–H groups in total. The Kier molecular flexibility index (Phi) is 8.52. The van der Waals surface area contributed by atoms with Gasteiger partial charge >= 0.3 is 0 Å². The zero-order valence-electron chi connectivity index (χ0n) is 19.3. The van der Waals surface area contributed by atoms with Gasteiger partial charge in [-0.2, -0.15) is 0 Å². The molecule has 3 rings (SSSR count). The average molecular weight is 451 g/mol. The van der Waals surface area contributed by atoms with Crippen molar-refractivity contribution in [3.05, 3.63) is 87.8 Å². The number of pyridine rings is 1. The smallest absolute Gasteiger partial charge is 0.254 e. The fourth-order valence-corrected chi connectivity index (χ4v) is 3.48. The van der Waals surface area contributed by atoms with Gasteiger partial charge in [-0.05, 0) is 42.7 Å². The van der Waals surface area contributed by atoms with Crippen molar-refractivity contribution in [2.75, 3.05) is 20.8 Å². The summed E-state index contributed by atoms with van der Waals surface area (Å²) in [6.07, 6.45) is 0.903. The maximum Gasteiger partial charge on any atom is 0.254 e. The van der Waals surface area contributed by atoms with Gasteiger partial charge in [-0.25, -0.2) is 0 Å². The fourth-order valence-electron chi connectivity index (χ4n) is 3.48. The molecular weight excluding hydrogens is 420 g/mol. The number of ether oxygens (including phenoxy) is 3. The number of hydrogen-bond donors (Lipinski definition) is 1. The largest absolute Gasteiger partial charge is 0.496 e. The standard InChI is InChI=1S/C26H30N2O5/c1-19-15-22(31-2)17-26(30)28(19)14-13-27-25(29)12-10-20-9-11-23(32-3)24(16-20)33-18-21-7-5-4-6-8-21/h4-9,11,15-17H,10,12-14,18H2,1-3H3,(H,27,29). The highest BCUT2D eigenvalue weighted by Gasteiger charge is 2.09. The Labute approximate surface area is 193 Å². The van der Waals surface area contributed by atoms with Crippen molar-refractivity contribution in [3.63, 3.8) is 0 Å². The van der Waals surface area contributed by atoms with E-state index in [2.05, 4.69) is 5.32 Å². The van der Waals surface area contributed by atoms with Crippen molar-refractivity contribution in [2.45, 2.75) is 32.9 Å². The second-order valence-corrected chi connectivity index (χ2v) is 7.64. The minimum absolute atomic E-state index is 0.0724. The van der Waals surface area contributed by atoms with Crippen LogP contribution in [0.15, 0.2) is 65.5 Å². The molecule has 0 unspecified atom stereocenters. The Morgan fingerprint density at radius 2 is 1.73 bits per heavy atom. The lowest BCUT2D eigenvalue weighted by molar-refractivity contribution is -0.121. The number of aromatic nitrogens is 1. The summed E-state index contributed by atoms with van der Waals surface area (Å²) in [7, 11) is 3.13. The lowest BCUT2D eigenvalue weighted by atomic mass is 10.1. The van der Waals surface area contributed by atoms with E-state index < -0.39 is 0 Å². The van der Waals surface area contributed by atoms with Crippen LogP contribution in [0.3, 0.4) is 0 Å². The number of methoxy groups -OCH3 is 2. The molecule has 0 saturated heterocycles. The molecule has 7 nitrogen and oxygen atoms in total. The van der Waals surface area contributed by atoms with Crippen LogP contribution in [0.4, 0.5) is 0 Å². The number of amides is 1. The number of aryl methyl sites for hydroxylation is 2. The molecule has 0 aliphatic carbocycles. The topological polar surface area (TPSA) is 78.8 Å². The first-order chi connectivity index (χ1) is 16.0. The van der Waals surface area contributed by atoms with E-state index >= 15 is 0 Å². The van der Waals surface area contributed by atoms with Gasteiger partial charge in [-0.15, -0.1) is 0 Å². The zero-order valence-corrected chi connectivity index (χ0v) is 19.3. The van der Waals surface area contributed by atoms with Crippen molar-refractivity contribution >= 4 is 5.91 Å². The van der Waals surface area contributed by atoms with E-state index in [0.717, 1.165) is 16.8 Å². The Balaban J connectivity index is 1.51. The van der Waals surface area contributed by atoms with E-state index in [0.29, 0.717) is 49.8 Å². The minimum atomic E-state index is -0.151. The number of nitrogens with zero attached hydrogens (tertiary/aromatic N) is 1. The molecule has 0 radical (unpaired) electrons. The van der Waals surface area contributed by atoms with Crippen LogP contribution in [-0.4, -0.2) is 31.2 Å². The van der Waals surface area contributed by atoms with Gasteiger partial charge < -0.3 is 24.1 Å². The summed E-state index contributed by atoms with van der Waals surface area (Å²) >= 11 is 0. The van der Waals surface area contributed by atoms with Crippen molar-refractivity contribution < 1.29 is 19.0 Å². The molecule has 2 aromatic carbocycles. The molecule has 1 aromatic heterocycles. The van der Waals surface area contributed by atoms with Crippen molar-refractivity contribution in [3.8, 4) is 17.2 Å². The van der Waals surface area contributed by atoms with Crippen molar-refractivity contribution in [1.82, 2.24) is 9.88 Å². The Morgan fingerprint density at radius 3 is 2.42 bits per heavy atom. The molecule has 3 aromatic rings. The normalized spacial score (nSPS) is 10.5. The zero-order chi connectivity index (χ0) is 23.6. The highest BCUT2D eigenvalue weighted by molar-refractivity contribution is 5.76. The molecule has 0 atom stereocenters. The van der Waals surface area contributed by atoms with Crippen LogP contribution in [0.25, 0.3) is 0 Å². The third kappa shape index (κ3) is 6.87. The monoisotopic (exact) mass is 450 g/mol. The number of hydrogen-bond acceptors (Lipinski definition) is 5. The molecule has 0 spiro atoms. The van der Waals surface area contributed by atoms with Gasteiger partial charge in [0.2, 0.25) is 5.91 Å². The summed E-state index contributed by atoms with van der Waals surface area (Å²) in [5, 5.41) is 2.88. The molecule has 0 aliphatic heterocycles. The third-order valence-corrected chi connectivity index (χ3v) is 5.31. The van der Waals surface area contributed by atoms with E-state index in [1.807, 2.05) is 55.5 Å². The Morgan fingerprint density at radius 1 is 0.939 bits per heavy atom. The van der Waals surface area contributed by atoms with Gasteiger partial charge in [-0.1, -0.05) is 36.4 Å². The summed E-state index contributed by atoms with van der Waals surface area (Å²) in [6.45, 7) is 3.05. The van der Waals surface area contributed by atoms with Gasteiger partial charge in [-0.3, -0.25) is 9.59 Å².